The Morgan fingerprint density at radius 3 is 2.57 bits per heavy atom. The molecule has 0 amide bonds. The minimum Gasteiger partial charge on any atom is -0.385 e. The van der Waals surface area contributed by atoms with E-state index in [4.69, 9.17) is 5.10 Å². The molecular weight excluding hydrogens is 260 g/mol. The first kappa shape index (κ1) is 14.3. The lowest BCUT2D eigenvalue weighted by molar-refractivity contribution is 0.0563. The molecule has 1 unspecified atom stereocenters. The second kappa shape index (κ2) is 6.02. The van der Waals surface area contributed by atoms with Crippen molar-refractivity contribution in [2.24, 2.45) is 0 Å². The third-order valence-corrected chi connectivity index (χ3v) is 4.53. The van der Waals surface area contributed by atoms with Gasteiger partial charge in [-0.3, -0.25) is 4.68 Å². The molecule has 21 heavy (non-hydrogen) atoms. The molecule has 0 radical (unpaired) electrons. The van der Waals surface area contributed by atoms with Gasteiger partial charge in [0.15, 0.2) is 0 Å². The van der Waals surface area contributed by atoms with Crippen molar-refractivity contribution >= 4 is 0 Å². The van der Waals surface area contributed by atoms with Gasteiger partial charge in [-0.25, -0.2) is 0 Å². The van der Waals surface area contributed by atoms with Crippen LogP contribution in [0.1, 0.15) is 56.3 Å². The van der Waals surface area contributed by atoms with Crippen LogP contribution < -0.4 is 0 Å². The largest absolute Gasteiger partial charge is 0.385 e. The van der Waals surface area contributed by atoms with Crippen molar-refractivity contribution in [2.75, 3.05) is 0 Å². The molecule has 112 valence electrons. The Balaban J connectivity index is 1.72. The van der Waals surface area contributed by atoms with Crippen LogP contribution >= 0.6 is 0 Å². The normalized spacial score (nSPS) is 19.3. The number of benzene rings is 1. The summed E-state index contributed by atoms with van der Waals surface area (Å²) in [6.07, 6.45) is 9.06. The fourth-order valence-electron chi connectivity index (χ4n) is 3.27. The summed E-state index contributed by atoms with van der Waals surface area (Å²) in [4.78, 5) is 0. The maximum atomic E-state index is 10.7. The van der Waals surface area contributed by atoms with Crippen LogP contribution in [-0.2, 0) is 12.0 Å². The molecule has 3 rings (SSSR count). The Morgan fingerprint density at radius 2 is 1.86 bits per heavy atom. The predicted octanol–water partition coefficient (Wildman–Crippen LogP) is 3.84. The van der Waals surface area contributed by atoms with Crippen LogP contribution in [0.25, 0.3) is 0 Å². The summed E-state index contributed by atoms with van der Waals surface area (Å²) in [6.45, 7) is 1.86. The highest BCUT2D eigenvalue weighted by molar-refractivity contribution is 5.23. The van der Waals surface area contributed by atoms with Gasteiger partial charge in [-0.1, -0.05) is 49.6 Å². The molecule has 1 saturated carbocycles. The van der Waals surface area contributed by atoms with E-state index in [1.165, 1.54) is 32.1 Å². The summed E-state index contributed by atoms with van der Waals surface area (Å²) in [5.74, 6) is 0. The van der Waals surface area contributed by atoms with Crippen LogP contribution in [0.5, 0.6) is 0 Å². The average molecular weight is 284 g/mol. The molecule has 1 aliphatic rings. The summed E-state index contributed by atoms with van der Waals surface area (Å²) in [5.41, 5.74) is 1.04. The zero-order valence-corrected chi connectivity index (χ0v) is 12.7. The Bertz CT molecular complexity index is 568. The molecule has 1 aromatic heterocycles. The standard InChI is InChI=1S/C18H24N2O/c1-18(21,15-8-4-2-5-9-15)14-16-12-13-20(19-16)17-10-6-3-7-11-17/h2,4-5,8-9,12-13,17,21H,3,6-7,10-11,14H2,1H3. The van der Waals surface area contributed by atoms with Crippen molar-refractivity contribution in [3.05, 3.63) is 53.9 Å². The Labute approximate surface area is 126 Å². The molecule has 1 aliphatic carbocycles. The van der Waals surface area contributed by atoms with Gasteiger partial charge in [0.05, 0.1) is 17.3 Å². The lowest BCUT2D eigenvalue weighted by Gasteiger charge is -2.23. The number of hydrogen-bond acceptors (Lipinski definition) is 2. The molecule has 1 heterocycles. The van der Waals surface area contributed by atoms with Crippen molar-refractivity contribution < 1.29 is 5.11 Å². The molecule has 1 N–H and O–H groups in total. The number of aliphatic hydroxyl groups is 1. The first-order valence-electron chi connectivity index (χ1n) is 7.97. The second-order valence-corrected chi connectivity index (χ2v) is 6.40. The highest BCUT2D eigenvalue weighted by Gasteiger charge is 2.25. The van der Waals surface area contributed by atoms with E-state index in [-0.39, 0.29) is 0 Å². The molecule has 3 heteroatoms. The van der Waals surface area contributed by atoms with Gasteiger partial charge in [0.2, 0.25) is 0 Å². The maximum absolute atomic E-state index is 10.7. The van der Waals surface area contributed by atoms with Crippen LogP contribution in [0.2, 0.25) is 0 Å². The molecule has 3 nitrogen and oxygen atoms in total. The van der Waals surface area contributed by atoms with Crippen LogP contribution in [0.4, 0.5) is 0 Å². The van der Waals surface area contributed by atoms with E-state index >= 15 is 0 Å². The molecule has 0 saturated heterocycles. The third kappa shape index (κ3) is 3.35. The number of hydrogen-bond donors (Lipinski definition) is 1. The molecule has 2 aromatic rings. The van der Waals surface area contributed by atoms with Gasteiger partial charge in [-0.05, 0) is 31.4 Å². The average Bonchev–Trinajstić information content (AvgIpc) is 2.97. The van der Waals surface area contributed by atoms with Gasteiger partial charge >= 0.3 is 0 Å². The van der Waals surface area contributed by atoms with Crippen LogP contribution in [-0.4, -0.2) is 14.9 Å². The summed E-state index contributed by atoms with van der Waals surface area (Å²) >= 11 is 0. The van der Waals surface area contributed by atoms with E-state index in [1.54, 1.807) is 0 Å². The molecule has 0 spiro atoms. The molecule has 1 aromatic carbocycles. The second-order valence-electron chi connectivity index (χ2n) is 6.40. The van der Waals surface area contributed by atoms with Crippen molar-refractivity contribution in [1.82, 2.24) is 9.78 Å². The minimum absolute atomic E-state index is 0.550. The summed E-state index contributed by atoms with van der Waals surface area (Å²) in [7, 11) is 0. The highest BCUT2D eigenvalue weighted by Crippen LogP contribution is 2.29. The predicted molar refractivity (Wildman–Crippen MR) is 84.1 cm³/mol. The molecule has 1 fully saturated rings. The van der Waals surface area contributed by atoms with Crippen molar-refractivity contribution in [2.45, 2.75) is 57.1 Å². The Kier molecular flexibility index (Phi) is 4.11. The van der Waals surface area contributed by atoms with E-state index in [9.17, 15) is 5.11 Å². The summed E-state index contributed by atoms with van der Waals surface area (Å²) < 4.78 is 2.11. The Hall–Kier alpha value is -1.61. The van der Waals surface area contributed by atoms with Crippen molar-refractivity contribution in [3.8, 4) is 0 Å². The molecule has 0 aliphatic heterocycles. The highest BCUT2D eigenvalue weighted by atomic mass is 16.3. The smallest absolute Gasteiger partial charge is 0.0924 e. The minimum atomic E-state index is -0.868. The fourth-order valence-corrected chi connectivity index (χ4v) is 3.27. The maximum Gasteiger partial charge on any atom is 0.0924 e. The zero-order valence-electron chi connectivity index (χ0n) is 12.7. The van der Waals surface area contributed by atoms with Crippen LogP contribution in [0.3, 0.4) is 0 Å². The molecular formula is C18H24N2O. The van der Waals surface area contributed by atoms with Gasteiger partial charge in [-0.15, -0.1) is 0 Å². The summed E-state index contributed by atoms with van der Waals surface area (Å²) in [5, 5.41) is 15.4. The van der Waals surface area contributed by atoms with Gasteiger partial charge in [0, 0.05) is 12.6 Å². The monoisotopic (exact) mass is 284 g/mol. The van der Waals surface area contributed by atoms with Crippen LogP contribution in [0.15, 0.2) is 42.6 Å². The van der Waals surface area contributed by atoms with E-state index in [1.807, 2.05) is 43.3 Å². The topological polar surface area (TPSA) is 38.0 Å². The van der Waals surface area contributed by atoms with E-state index in [0.717, 1.165) is 11.3 Å². The van der Waals surface area contributed by atoms with E-state index in [0.29, 0.717) is 12.5 Å². The fraction of sp³-hybridized carbons (Fsp3) is 0.500. The van der Waals surface area contributed by atoms with Gasteiger partial charge in [0.25, 0.3) is 0 Å². The zero-order chi connectivity index (χ0) is 14.7. The molecule has 1 atom stereocenters. The van der Waals surface area contributed by atoms with Gasteiger partial charge in [-0.2, -0.15) is 5.10 Å². The first-order valence-corrected chi connectivity index (χ1v) is 7.97. The van der Waals surface area contributed by atoms with Crippen molar-refractivity contribution in [1.29, 1.82) is 0 Å². The SMILES string of the molecule is CC(O)(Cc1ccn(C2CCCCC2)n1)c1ccccc1. The Morgan fingerprint density at radius 1 is 1.14 bits per heavy atom. The number of rotatable bonds is 4. The lowest BCUT2D eigenvalue weighted by Crippen LogP contribution is -2.24. The van der Waals surface area contributed by atoms with Crippen molar-refractivity contribution in [3.63, 3.8) is 0 Å². The van der Waals surface area contributed by atoms with Crippen LogP contribution in [0, 0.1) is 0 Å². The summed E-state index contributed by atoms with van der Waals surface area (Å²) in [6, 6.07) is 12.4. The quantitative estimate of drug-likeness (QED) is 0.926. The van der Waals surface area contributed by atoms with E-state index in [2.05, 4.69) is 10.9 Å². The lowest BCUT2D eigenvalue weighted by atomic mass is 9.91. The van der Waals surface area contributed by atoms with Gasteiger partial charge in [0.1, 0.15) is 0 Å². The number of aromatic nitrogens is 2. The number of nitrogens with zero attached hydrogens (tertiary/aromatic N) is 2. The third-order valence-electron chi connectivity index (χ3n) is 4.53. The van der Waals surface area contributed by atoms with Gasteiger partial charge < -0.3 is 5.11 Å². The first-order chi connectivity index (χ1) is 10.1. The van der Waals surface area contributed by atoms with E-state index < -0.39 is 5.60 Å². The molecule has 0 bridgehead atoms.